The lowest BCUT2D eigenvalue weighted by Gasteiger charge is -2.36. The summed E-state index contributed by atoms with van der Waals surface area (Å²) in [6.07, 6.45) is 0.957. The van der Waals surface area contributed by atoms with Crippen molar-refractivity contribution in [3.63, 3.8) is 0 Å². The second kappa shape index (κ2) is 13.1. The molecule has 1 aromatic heterocycles. The minimum Gasteiger partial charge on any atom is -0.370 e. The zero-order valence-electron chi connectivity index (χ0n) is 26.0. The molecule has 6 rings (SSSR count). The number of nitrogens with zero attached hydrogens (tertiary/aromatic N) is 2. The predicted octanol–water partition coefficient (Wildman–Crippen LogP) is 6.62. The van der Waals surface area contributed by atoms with Gasteiger partial charge in [-0.15, -0.1) is 0 Å². The number of aliphatic hydroxyl groups is 1. The van der Waals surface area contributed by atoms with E-state index in [0.717, 1.165) is 17.5 Å². The van der Waals surface area contributed by atoms with E-state index < -0.39 is 35.7 Å². The van der Waals surface area contributed by atoms with Gasteiger partial charge in [0.25, 0.3) is 0 Å². The highest BCUT2D eigenvalue weighted by Gasteiger charge is 2.39. The summed E-state index contributed by atoms with van der Waals surface area (Å²) >= 11 is 0. The number of halogens is 3. The van der Waals surface area contributed by atoms with Crippen molar-refractivity contribution in [1.82, 2.24) is 14.8 Å². The molecular formula is C37H35F3N4O3. The lowest BCUT2D eigenvalue weighted by molar-refractivity contribution is -0.148. The molecule has 3 atom stereocenters. The quantitative estimate of drug-likeness (QED) is 0.142. The second-order valence-corrected chi connectivity index (χ2v) is 12.3. The van der Waals surface area contributed by atoms with Crippen LogP contribution in [0.3, 0.4) is 0 Å². The molecule has 47 heavy (non-hydrogen) atoms. The van der Waals surface area contributed by atoms with Crippen LogP contribution in [0.2, 0.25) is 0 Å². The first-order chi connectivity index (χ1) is 22.5. The number of nitrogens with one attached hydrogen (secondary N) is 2. The molecule has 2 amide bonds. The van der Waals surface area contributed by atoms with E-state index in [0.29, 0.717) is 28.5 Å². The van der Waals surface area contributed by atoms with Gasteiger partial charge in [-0.1, -0.05) is 54.6 Å². The van der Waals surface area contributed by atoms with E-state index >= 15 is 0 Å². The number of hydrogen-bond acceptors (Lipinski definition) is 4. The summed E-state index contributed by atoms with van der Waals surface area (Å²) < 4.78 is 42.1. The maximum absolute atomic E-state index is 14.5. The Balaban J connectivity index is 1.17. The van der Waals surface area contributed by atoms with Crippen LogP contribution in [0.15, 0.2) is 97.1 Å². The Bertz CT molecular complexity index is 1910. The molecule has 5 aromatic rings. The van der Waals surface area contributed by atoms with E-state index in [-0.39, 0.29) is 30.1 Å². The van der Waals surface area contributed by atoms with E-state index in [1.54, 1.807) is 48.5 Å². The third-order valence-corrected chi connectivity index (χ3v) is 8.89. The minimum atomic E-state index is -1.90. The molecule has 0 bridgehead atoms. The first-order valence-electron chi connectivity index (χ1n) is 15.4. The van der Waals surface area contributed by atoms with Gasteiger partial charge in [0.2, 0.25) is 11.8 Å². The van der Waals surface area contributed by atoms with E-state index in [1.807, 2.05) is 24.3 Å². The van der Waals surface area contributed by atoms with Crippen molar-refractivity contribution in [1.29, 1.82) is 0 Å². The zero-order chi connectivity index (χ0) is 33.3. The number of likely N-dealkylation sites (N-methyl/N-ethyl adjacent to an activating group) is 1. The van der Waals surface area contributed by atoms with Gasteiger partial charge in [-0.2, -0.15) is 0 Å². The largest absolute Gasteiger partial charge is 0.370 e. The normalized spacial score (nSPS) is 17.0. The molecular weight excluding hydrogens is 605 g/mol. The average Bonchev–Trinajstić information content (AvgIpc) is 3.71. The Morgan fingerprint density at radius 3 is 2.17 bits per heavy atom. The van der Waals surface area contributed by atoms with Crippen LogP contribution in [0.4, 0.5) is 18.9 Å². The van der Waals surface area contributed by atoms with E-state index in [1.165, 1.54) is 48.0 Å². The van der Waals surface area contributed by atoms with Gasteiger partial charge in [0.05, 0.1) is 24.3 Å². The number of carbonyl (C=O) groups excluding carboxylic acids is 2. The SMILES string of the molecule is CN(Cc1ccccc1F)C(=O)CN(CC(=O)Nc1ccc(C2CC2c2ccc(F)cc2)cc1)C(C)(O)c1cc2cccc(F)c2[nH]1. The summed E-state index contributed by atoms with van der Waals surface area (Å²) in [5, 5.41) is 15.2. The van der Waals surface area contributed by atoms with Gasteiger partial charge in [-0.05, 0) is 78.8 Å². The van der Waals surface area contributed by atoms with Crippen LogP contribution in [-0.2, 0) is 21.9 Å². The topological polar surface area (TPSA) is 88.7 Å². The Kier molecular flexibility index (Phi) is 8.90. The van der Waals surface area contributed by atoms with Crippen molar-refractivity contribution in [3.8, 4) is 0 Å². The van der Waals surface area contributed by atoms with Crippen LogP contribution < -0.4 is 5.32 Å². The monoisotopic (exact) mass is 640 g/mol. The molecule has 0 aliphatic heterocycles. The number of benzene rings is 4. The highest BCUT2D eigenvalue weighted by Crippen LogP contribution is 2.54. The number of anilines is 1. The molecule has 0 spiro atoms. The molecule has 0 radical (unpaired) electrons. The van der Waals surface area contributed by atoms with Gasteiger partial charge < -0.3 is 20.3 Å². The maximum atomic E-state index is 14.5. The van der Waals surface area contributed by atoms with Crippen LogP contribution in [0.25, 0.3) is 10.9 Å². The Morgan fingerprint density at radius 1 is 0.872 bits per heavy atom. The van der Waals surface area contributed by atoms with Crippen molar-refractivity contribution in [2.75, 3.05) is 25.5 Å². The summed E-state index contributed by atoms with van der Waals surface area (Å²) in [7, 11) is 1.52. The Labute approximate surface area is 270 Å². The van der Waals surface area contributed by atoms with E-state index in [4.69, 9.17) is 0 Å². The number of H-pyrrole nitrogens is 1. The maximum Gasteiger partial charge on any atom is 0.238 e. The van der Waals surface area contributed by atoms with Crippen LogP contribution >= 0.6 is 0 Å². The Hall–Kier alpha value is -4.93. The fourth-order valence-electron chi connectivity index (χ4n) is 5.99. The van der Waals surface area contributed by atoms with E-state index in [2.05, 4.69) is 10.3 Å². The number of para-hydroxylation sites is 1. The molecule has 242 valence electrons. The lowest BCUT2D eigenvalue weighted by Crippen LogP contribution is -2.51. The fraction of sp³-hybridized carbons (Fsp3) is 0.243. The number of hydrogen-bond donors (Lipinski definition) is 3. The summed E-state index contributed by atoms with van der Waals surface area (Å²) in [6.45, 7) is 0.630. The number of carbonyl (C=O) groups is 2. The number of amides is 2. The van der Waals surface area contributed by atoms with Gasteiger partial charge >= 0.3 is 0 Å². The van der Waals surface area contributed by atoms with Gasteiger partial charge in [-0.25, -0.2) is 13.2 Å². The first-order valence-corrected chi connectivity index (χ1v) is 15.4. The zero-order valence-corrected chi connectivity index (χ0v) is 26.0. The highest BCUT2D eigenvalue weighted by molar-refractivity contribution is 5.93. The molecule has 3 N–H and O–H groups in total. The van der Waals surface area contributed by atoms with Crippen molar-refractivity contribution >= 4 is 28.4 Å². The molecule has 1 aliphatic carbocycles. The van der Waals surface area contributed by atoms with Crippen LogP contribution in [0, 0.1) is 17.5 Å². The number of aromatic nitrogens is 1. The standard InChI is InChI=1S/C37H35F3N4O3/c1-37(47,33-18-25-7-5-9-32(40)36(25)42-33)44(22-35(46)43(2)20-26-6-3-4-8-31(26)39)21-34(45)41-28-16-12-24(13-17-28)30-19-29(30)23-10-14-27(38)15-11-23/h3-18,29-30,42,47H,19-22H2,1-2H3,(H,41,45). The second-order valence-electron chi connectivity index (χ2n) is 12.3. The fourth-order valence-corrected chi connectivity index (χ4v) is 5.99. The first kappa shape index (κ1) is 32.0. The minimum absolute atomic E-state index is 0.0132. The summed E-state index contributed by atoms with van der Waals surface area (Å²) in [6, 6.07) is 26.3. The van der Waals surface area contributed by atoms with Crippen LogP contribution in [0.1, 0.15) is 47.6 Å². The number of rotatable bonds is 11. The number of fused-ring (bicyclic) bond motifs is 1. The molecule has 1 saturated carbocycles. The van der Waals surface area contributed by atoms with Gasteiger partial charge in [-0.3, -0.25) is 14.5 Å². The molecule has 4 aromatic carbocycles. The summed E-state index contributed by atoms with van der Waals surface area (Å²) in [5.41, 5.74) is 1.54. The van der Waals surface area contributed by atoms with Crippen LogP contribution in [-0.4, -0.2) is 51.8 Å². The van der Waals surface area contributed by atoms with Crippen molar-refractivity contribution in [2.45, 2.75) is 37.5 Å². The molecule has 1 aliphatic rings. The predicted molar refractivity (Wildman–Crippen MR) is 174 cm³/mol. The average molecular weight is 641 g/mol. The number of aromatic amines is 1. The van der Waals surface area contributed by atoms with Crippen molar-refractivity contribution < 1.29 is 27.9 Å². The Morgan fingerprint density at radius 2 is 1.51 bits per heavy atom. The summed E-state index contributed by atoms with van der Waals surface area (Å²) in [4.78, 5) is 32.3. The molecule has 1 fully saturated rings. The molecule has 1 heterocycles. The smallest absolute Gasteiger partial charge is 0.238 e. The van der Waals surface area contributed by atoms with Crippen molar-refractivity contribution in [2.24, 2.45) is 0 Å². The third-order valence-electron chi connectivity index (χ3n) is 8.89. The van der Waals surface area contributed by atoms with Crippen LogP contribution in [0.5, 0.6) is 0 Å². The molecule has 10 heteroatoms. The van der Waals surface area contributed by atoms with Gasteiger partial charge in [0.1, 0.15) is 17.5 Å². The van der Waals surface area contributed by atoms with Gasteiger partial charge in [0.15, 0.2) is 5.72 Å². The third kappa shape index (κ3) is 7.08. The highest BCUT2D eigenvalue weighted by atomic mass is 19.1. The van der Waals surface area contributed by atoms with Crippen molar-refractivity contribution in [3.05, 3.63) is 137 Å². The summed E-state index contributed by atoms with van der Waals surface area (Å²) in [5.74, 6) is -1.54. The molecule has 7 nitrogen and oxygen atoms in total. The lowest BCUT2D eigenvalue weighted by atomic mass is 10.0. The van der Waals surface area contributed by atoms with E-state index in [9.17, 15) is 27.9 Å². The van der Waals surface area contributed by atoms with Gasteiger partial charge in [0, 0.05) is 30.2 Å². The molecule has 3 unspecified atom stereocenters. The molecule has 0 saturated heterocycles.